The van der Waals surface area contributed by atoms with E-state index in [-0.39, 0.29) is 11.5 Å². The van der Waals surface area contributed by atoms with Gasteiger partial charge in [-0.05, 0) is 81.4 Å². The maximum absolute atomic E-state index is 11.0. The van der Waals surface area contributed by atoms with E-state index in [0.29, 0.717) is 50.9 Å². The van der Waals surface area contributed by atoms with Gasteiger partial charge in [0.25, 0.3) is 20.2 Å². The van der Waals surface area contributed by atoms with Gasteiger partial charge in [-0.15, -0.1) is 4.33 Å². The minimum atomic E-state index is -4.00. The lowest BCUT2D eigenvalue weighted by Gasteiger charge is -2.18. The van der Waals surface area contributed by atoms with Crippen molar-refractivity contribution < 1.29 is 45.3 Å². The summed E-state index contributed by atoms with van der Waals surface area (Å²) >= 11 is 0.998. The van der Waals surface area contributed by atoms with Gasteiger partial charge in [-0.25, -0.2) is 5.26 Å². The topological polar surface area (TPSA) is 157 Å². The highest BCUT2D eigenvalue weighted by Gasteiger charge is 2.14. The van der Waals surface area contributed by atoms with E-state index in [0.717, 1.165) is 53.7 Å². The number of unbranched alkanes of at least 4 members (excludes halogenated alkanes) is 3. The Kier molecular flexibility index (Phi) is 14.5. The van der Waals surface area contributed by atoms with E-state index >= 15 is 0 Å². The molecule has 33 heavy (non-hydrogen) atoms. The van der Waals surface area contributed by atoms with Gasteiger partial charge in [0.2, 0.25) is 0 Å². The first-order valence-corrected chi connectivity index (χ1v) is 15.0. The van der Waals surface area contributed by atoms with E-state index in [9.17, 15) is 16.8 Å². The van der Waals surface area contributed by atoms with Crippen molar-refractivity contribution in [2.75, 3.05) is 23.9 Å². The van der Waals surface area contributed by atoms with E-state index in [2.05, 4.69) is 9.37 Å². The number of aryl methyl sites for hydroxylation is 3. The predicted octanol–water partition coefficient (Wildman–Crippen LogP) is 3.90. The Bertz CT molecular complexity index is 901. The normalized spacial score (nSPS) is 12.2. The minimum absolute atomic E-state index is 0.281. The van der Waals surface area contributed by atoms with Gasteiger partial charge in [-0.1, -0.05) is 17.2 Å². The van der Waals surface area contributed by atoms with Gasteiger partial charge in [0.05, 0.1) is 18.1 Å². The Morgan fingerprint density at radius 3 is 1.82 bits per heavy atom. The standard InChI is InChI=1S/C20H34O10S3/c1-2-28-20-18(10-3-6-12-31-30-29-21)15-17(9-4-7-13-32(22,23)24)16-19(20)11-5-8-14-33(25,26)27/h15-16,21H,2-14H2,1H3,(H,22,23,24)(H,25,26,27). The van der Waals surface area contributed by atoms with Crippen LogP contribution in [0, 0.1) is 0 Å². The Hall–Kier alpha value is -0.930. The van der Waals surface area contributed by atoms with Crippen molar-refractivity contribution in [3.63, 3.8) is 0 Å². The molecule has 1 aromatic carbocycles. The quantitative estimate of drug-likeness (QED) is 0.0783. The van der Waals surface area contributed by atoms with Gasteiger partial charge < -0.3 is 4.74 Å². The van der Waals surface area contributed by atoms with Crippen LogP contribution >= 0.6 is 12.0 Å². The van der Waals surface area contributed by atoms with E-state index in [1.165, 1.54) is 0 Å². The summed E-state index contributed by atoms with van der Waals surface area (Å²) < 4.78 is 72.0. The smallest absolute Gasteiger partial charge is 0.264 e. The largest absolute Gasteiger partial charge is 0.493 e. The van der Waals surface area contributed by atoms with Crippen molar-refractivity contribution in [1.29, 1.82) is 0 Å². The molecule has 0 radical (unpaired) electrons. The number of benzene rings is 1. The van der Waals surface area contributed by atoms with Crippen LogP contribution in [0.4, 0.5) is 0 Å². The van der Waals surface area contributed by atoms with Gasteiger partial charge in [-0.2, -0.15) is 16.8 Å². The molecule has 0 saturated heterocycles. The fourth-order valence-electron chi connectivity index (χ4n) is 3.42. The summed E-state index contributed by atoms with van der Waals surface area (Å²) in [5.41, 5.74) is 2.97. The van der Waals surface area contributed by atoms with Crippen LogP contribution in [0.15, 0.2) is 12.1 Å². The highest BCUT2D eigenvalue weighted by atomic mass is 32.2. The molecule has 0 atom stereocenters. The minimum Gasteiger partial charge on any atom is -0.493 e. The molecule has 0 aliphatic heterocycles. The van der Waals surface area contributed by atoms with E-state index < -0.39 is 20.2 Å². The highest BCUT2D eigenvalue weighted by molar-refractivity contribution is 7.94. The molecule has 0 aliphatic rings. The summed E-state index contributed by atoms with van der Waals surface area (Å²) in [6, 6.07) is 4.04. The van der Waals surface area contributed by atoms with Crippen LogP contribution in [0.1, 0.15) is 62.1 Å². The third kappa shape index (κ3) is 14.8. The van der Waals surface area contributed by atoms with Gasteiger partial charge in [0, 0.05) is 17.8 Å². The zero-order valence-corrected chi connectivity index (χ0v) is 21.2. The summed E-state index contributed by atoms with van der Waals surface area (Å²) in [6.07, 6.45) is 5.38. The van der Waals surface area contributed by atoms with Crippen molar-refractivity contribution in [2.45, 2.75) is 64.7 Å². The monoisotopic (exact) mass is 530 g/mol. The van der Waals surface area contributed by atoms with Crippen LogP contribution in [0.25, 0.3) is 0 Å². The number of ether oxygens (including phenoxy) is 1. The van der Waals surface area contributed by atoms with Crippen molar-refractivity contribution in [1.82, 2.24) is 0 Å². The molecule has 0 aromatic heterocycles. The third-order valence-electron chi connectivity index (χ3n) is 4.81. The Balaban J connectivity index is 2.94. The molecule has 1 aromatic rings. The second kappa shape index (κ2) is 15.9. The average Bonchev–Trinajstić information content (AvgIpc) is 2.71. The molecular formula is C20H34O10S3. The summed E-state index contributed by atoms with van der Waals surface area (Å²) in [7, 11) is -7.99. The van der Waals surface area contributed by atoms with Gasteiger partial charge >= 0.3 is 0 Å². The first kappa shape index (κ1) is 30.1. The molecule has 3 N–H and O–H groups in total. The van der Waals surface area contributed by atoms with E-state index in [1.54, 1.807) is 0 Å². The third-order valence-corrected chi connectivity index (χ3v) is 7.03. The SMILES string of the molecule is CCOc1c(CCCCSOOO)cc(CCCCS(=O)(=O)O)cc1CCCCS(=O)(=O)O. The number of hydrogen-bond acceptors (Lipinski definition) is 9. The lowest BCUT2D eigenvalue weighted by molar-refractivity contribution is -0.432. The van der Waals surface area contributed by atoms with Crippen LogP contribution in [0.5, 0.6) is 5.75 Å². The summed E-state index contributed by atoms with van der Waals surface area (Å²) in [4.78, 5) is 0. The fourth-order valence-corrected chi connectivity index (χ4v) is 4.99. The summed E-state index contributed by atoms with van der Waals surface area (Å²) in [5, 5.41) is 11.7. The van der Waals surface area contributed by atoms with Crippen LogP contribution < -0.4 is 4.74 Å². The summed E-state index contributed by atoms with van der Waals surface area (Å²) in [5.74, 6) is 0.823. The maximum Gasteiger partial charge on any atom is 0.264 e. The highest BCUT2D eigenvalue weighted by Crippen LogP contribution is 2.30. The van der Waals surface area contributed by atoms with E-state index in [1.807, 2.05) is 19.1 Å². The molecule has 0 spiro atoms. The number of hydrogen-bond donors (Lipinski definition) is 3. The molecule has 0 fully saturated rings. The molecule has 0 bridgehead atoms. The van der Waals surface area contributed by atoms with Crippen molar-refractivity contribution in [2.24, 2.45) is 0 Å². The Morgan fingerprint density at radius 1 is 0.818 bits per heavy atom. The average molecular weight is 531 g/mol. The molecule has 10 nitrogen and oxygen atoms in total. The maximum atomic E-state index is 11.0. The molecule has 0 amide bonds. The number of rotatable bonds is 19. The molecular weight excluding hydrogens is 496 g/mol. The van der Waals surface area contributed by atoms with Crippen LogP contribution in [-0.4, -0.2) is 55.1 Å². The molecule has 0 saturated carbocycles. The molecule has 1 rings (SSSR count). The van der Waals surface area contributed by atoms with Crippen molar-refractivity contribution in [3.8, 4) is 5.75 Å². The van der Waals surface area contributed by atoms with Crippen LogP contribution in [-0.2, 0) is 48.9 Å². The van der Waals surface area contributed by atoms with Crippen LogP contribution in [0.2, 0.25) is 0 Å². The van der Waals surface area contributed by atoms with Gasteiger partial charge in [-0.3, -0.25) is 9.11 Å². The fraction of sp³-hybridized carbons (Fsp3) is 0.700. The Morgan fingerprint density at radius 2 is 1.33 bits per heavy atom. The molecule has 192 valence electrons. The first-order chi connectivity index (χ1) is 15.6. The Labute approximate surface area is 200 Å². The molecule has 13 heteroatoms. The lowest BCUT2D eigenvalue weighted by Crippen LogP contribution is -2.07. The molecule has 0 unspecified atom stereocenters. The van der Waals surface area contributed by atoms with Gasteiger partial charge in [0.15, 0.2) is 0 Å². The van der Waals surface area contributed by atoms with Crippen molar-refractivity contribution in [3.05, 3.63) is 28.8 Å². The van der Waals surface area contributed by atoms with Crippen LogP contribution in [0.3, 0.4) is 0 Å². The molecule has 0 heterocycles. The lowest BCUT2D eigenvalue weighted by atomic mass is 9.95. The zero-order valence-electron chi connectivity index (χ0n) is 18.8. The summed E-state index contributed by atoms with van der Waals surface area (Å²) in [6.45, 7) is 2.36. The van der Waals surface area contributed by atoms with Crippen molar-refractivity contribution >= 4 is 32.3 Å². The first-order valence-electron chi connectivity index (χ1n) is 10.8. The predicted molar refractivity (Wildman–Crippen MR) is 127 cm³/mol. The zero-order chi connectivity index (χ0) is 24.7. The van der Waals surface area contributed by atoms with E-state index in [4.69, 9.17) is 19.1 Å². The second-order valence-electron chi connectivity index (χ2n) is 7.58. The second-order valence-corrected chi connectivity index (χ2v) is 11.5. The van der Waals surface area contributed by atoms with Gasteiger partial charge in [0.1, 0.15) is 5.75 Å². The molecule has 0 aliphatic carbocycles.